The van der Waals surface area contributed by atoms with Crippen molar-refractivity contribution in [1.29, 1.82) is 0 Å². The van der Waals surface area contributed by atoms with Gasteiger partial charge in [-0.25, -0.2) is 0 Å². The van der Waals surface area contributed by atoms with Crippen molar-refractivity contribution in [3.63, 3.8) is 0 Å². The van der Waals surface area contributed by atoms with Crippen molar-refractivity contribution in [1.82, 2.24) is 5.32 Å². The van der Waals surface area contributed by atoms with Crippen molar-refractivity contribution in [2.24, 2.45) is 5.92 Å². The first-order chi connectivity index (χ1) is 9.34. The minimum atomic E-state index is 0.226. The summed E-state index contributed by atoms with van der Waals surface area (Å²) in [6.07, 6.45) is 3.81. The molecule has 19 heavy (non-hydrogen) atoms. The lowest BCUT2D eigenvalue weighted by atomic mass is 9.84. The summed E-state index contributed by atoms with van der Waals surface area (Å²) in [4.78, 5) is 12.4. The topological polar surface area (TPSA) is 38.3 Å². The number of carbonyl (C=O) groups excluding carboxylic acids is 1. The molecule has 3 rings (SSSR count). The number of rotatable bonds is 3. The lowest BCUT2D eigenvalue weighted by Gasteiger charge is -2.28. The van der Waals surface area contributed by atoms with E-state index in [-0.39, 0.29) is 5.92 Å². The average molecular weight is 259 g/mol. The molecule has 2 aliphatic heterocycles. The molecule has 102 valence electrons. The van der Waals surface area contributed by atoms with E-state index in [0.717, 1.165) is 44.7 Å². The van der Waals surface area contributed by atoms with Crippen LogP contribution in [-0.4, -0.2) is 25.5 Å². The van der Waals surface area contributed by atoms with Crippen LogP contribution in [0.25, 0.3) is 0 Å². The third-order valence-corrected chi connectivity index (χ3v) is 4.28. The number of hydrogen-bond acceptors (Lipinski definition) is 3. The van der Waals surface area contributed by atoms with Crippen LogP contribution in [-0.2, 0) is 4.79 Å². The smallest absolute Gasteiger partial charge is 0.137 e. The van der Waals surface area contributed by atoms with Gasteiger partial charge in [0.05, 0.1) is 6.61 Å². The second kappa shape index (κ2) is 5.74. The number of para-hydroxylation sites is 1. The maximum Gasteiger partial charge on any atom is 0.137 e. The van der Waals surface area contributed by atoms with Crippen molar-refractivity contribution in [3.05, 3.63) is 29.8 Å². The maximum absolute atomic E-state index is 12.4. The Labute approximate surface area is 114 Å². The SMILES string of the molecule is O=C(CC1CCOc2ccccc21)C1CCCNC1. The molecule has 1 fully saturated rings. The highest BCUT2D eigenvalue weighted by molar-refractivity contribution is 5.82. The number of Topliss-reactive ketones (excluding diaryl/α,β-unsaturated/α-hetero) is 1. The molecular formula is C16H21NO2. The first kappa shape index (κ1) is 12.7. The van der Waals surface area contributed by atoms with Gasteiger partial charge >= 0.3 is 0 Å². The molecule has 1 saturated heterocycles. The lowest BCUT2D eigenvalue weighted by Crippen LogP contribution is -2.35. The number of piperidine rings is 1. The molecule has 1 N–H and O–H groups in total. The predicted molar refractivity (Wildman–Crippen MR) is 74.5 cm³/mol. The summed E-state index contributed by atoms with van der Waals surface area (Å²) in [7, 11) is 0. The van der Waals surface area contributed by atoms with E-state index in [1.54, 1.807) is 0 Å². The highest BCUT2D eigenvalue weighted by Crippen LogP contribution is 2.36. The highest BCUT2D eigenvalue weighted by Gasteiger charge is 2.27. The predicted octanol–water partition coefficient (Wildman–Crippen LogP) is 2.51. The van der Waals surface area contributed by atoms with Crippen LogP contribution in [0.2, 0.25) is 0 Å². The Kier molecular flexibility index (Phi) is 3.83. The van der Waals surface area contributed by atoms with Crippen molar-refractivity contribution < 1.29 is 9.53 Å². The van der Waals surface area contributed by atoms with Gasteiger partial charge in [-0.1, -0.05) is 18.2 Å². The van der Waals surface area contributed by atoms with Crippen molar-refractivity contribution in [2.45, 2.75) is 31.6 Å². The average Bonchev–Trinajstić information content (AvgIpc) is 2.48. The van der Waals surface area contributed by atoms with Gasteiger partial charge in [-0.3, -0.25) is 4.79 Å². The second-order valence-electron chi connectivity index (χ2n) is 5.59. The zero-order valence-corrected chi connectivity index (χ0v) is 11.2. The standard InChI is InChI=1S/C16H21NO2/c18-15(13-4-3-8-17-11-13)10-12-7-9-19-16-6-2-1-5-14(12)16/h1-2,5-6,12-13,17H,3-4,7-11H2. The number of fused-ring (bicyclic) bond motifs is 1. The molecule has 0 spiro atoms. The molecular weight excluding hydrogens is 238 g/mol. The number of hydrogen-bond donors (Lipinski definition) is 1. The van der Waals surface area contributed by atoms with Crippen LogP contribution in [0.1, 0.15) is 37.2 Å². The van der Waals surface area contributed by atoms with Gasteiger partial charge < -0.3 is 10.1 Å². The molecule has 0 amide bonds. The fourth-order valence-electron chi connectivity index (χ4n) is 3.16. The molecule has 0 aliphatic carbocycles. The summed E-state index contributed by atoms with van der Waals surface area (Å²) >= 11 is 0. The van der Waals surface area contributed by atoms with E-state index in [1.165, 1.54) is 5.56 Å². The van der Waals surface area contributed by atoms with Crippen LogP contribution in [0.5, 0.6) is 5.75 Å². The van der Waals surface area contributed by atoms with Crippen molar-refractivity contribution in [2.75, 3.05) is 19.7 Å². The monoisotopic (exact) mass is 259 g/mol. The summed E-state index contributed by atoms with van der Waals surface area (Å²) < 4.78 is 5.66. The summed E-state index contributed by atoms with van der Waals surface area (Å²) in [5.41, 5.74) is 1.21. The van der Waals surface area contributed by atoms with Crippen molar-refractivity contribution >= 4 is 5.78 Å². The zero-order chi connectivity index (χ0) is 13.1. The normalized spacial score (nSPS) is 26.3. The van der Waals surface area contributed by atoms with Gasteiger partial charge in [0.15, 0.2) is 0 Å². The second-order valence-corrected chi connectivity index (χ2v) is 5.59. The Bertz CT molecular complexity index is 452. The minimum absolute atomic E-state index is 0.226. The third kappa shape index (κ3) is 2.81. The Morgan fingerprint density at radius 2 is 2.21 bits per heavy atom. The molecule has 2 heterocycles. The van der Waals surface area contributed by atoms with Crippen LogP contribution in [0.4, 0.5) is 0 Å². The fraction of sp³-hybridized carbons (Fsp3) is 0.562. The lowest BCUT2D eigenvalue weighted by molar-refractivity contribution is -0.123. The molecule has 1 aromatic carbocycles. The summed E-state index contributed by atoms with van der Waals surface area (Å²) in [5.74, 6) is 1.96. The van der Waals surface area contributed by atoms with E-state index in [4.69, 9.17) is 4.74 Å². The first-order valence-electron chi connectivity index (χ1n) is 7.30. The number of ether oxygens (including phenoxy) is 1. The quantitative estimate of drug-likeness (QED) is 0.906. The van der Waals surface area contributed by atoms with Gasteiger partial charge in [0.1, 0.15) is 11.5 Å². The van der Waals surface area contributed by atoms with Crippen LogP contribution in [0.3, 0.4) is 0 Å². The summed E-state index contributed by atoms with van der Waals surface area (Å²) in [6, 6.07) is 8.14. The van der Waals surface area contributed by atoms with Crippen molar-refractivity contribution in [3.8, 4) is 5.75 Å². The van der Waals surface area contributed by atoms with Gasteiger partial charge in [0.2, 0.25) is 0 Å². The van der Waals surface area contributed by atoms with E-state index in [2.05, 4.69) is 11.4 Å². The molecule has 2 unspecified atom stereocenters. The number of carbonyl (C=O) groups is 1. The van der Waals surface area contributed by atoms with Crippen LogP contribution in [0.15, 0.2) is 24.3 Å². The van der Waals surface area contributed by atoms with E-state index in [1.807, 2.05) is 18.2 Å². The largest absolute Gasteiger partial charge is 0.493 e. The van der Waals surface area contributed by atoms with E-state index < -0.39 is 0 Å². The number of ketones is 1. The Morgan fingerprint density at radius 1 is 1.32 bits per heavy atom. The zero-order valence-electron chi connectivity index (χ0n) is 11.2. The molecule has 0 aromatic heterocycles. The van der Waals surface area contributed by atoms with Gasteiger partial charge in [-0.15, -0.1) is 0 Å². The molecule has 2 atom stereocenters. The summed E-state index contributed by atoms with van der Waals surface area (Å²) in [5, 5.41) is 3.33. The molecule has 1 aromatic rings. The molecule has 0 radical (unpaired) electrons. The van der Waals surface area contributed by atoms with Gasteiger partial charge in [-0.05, 0) is 43.4 Å². The maximum atomic E-state index is 12.4. The minimum Gasteiger partial charge on any atom is -0.493 e. The first-order valence-corrected chi connectivity index (χ1v) is 7.30. The Hall–Kier alpha value is -1.35. The van der Waals surface area contributed by atoms with Crippen LogP contribution >= 0.6 is 0 Å². The van der Waals surface area contributed by atoms with E-state index >= 15 is 0 Å². The Morgan fingerprint density at radius 3 is 3.05 bits per heavy atom. The van der Waals surface area contributed by atoms with Gasteiger partial charge in [-0.2, -0.15) is 0 Å². The number of nitrogens with one attached hydrogen (secondary N) is 1. The third-order valence-electron chi connectivity index (χ3n) is 4.28. The van der Waals surface area contributed by atoms with Gasteiger partial charge in [0.25, 0.3) is 0 Å². The van der Waals surface area contributed by atoms with E-state index in [9.17, 15) is 4.79 Å². The Balaban J connectivity index is 1.68. The molecule has 3 heteroatoms. The van der Waals surface area contributed by atoms with Crippen LogP contribution < -0.4 is 10.1 Å². The summed E-state index contributed by atoms with van der Waals surface area (Å²) in [6.45, 7) is 2.66. The molecule has 0 saturated carbocycles. The molecule has 2 aliphatic rings. The number of benzene rings is 1. The van der Waals surface area contributed by atoms with E-state index in [0.29, 0.717) is 18.1 Å². The fourth-order valence-corrected chi connectivity index (χ4v) is 3.16. The molecule has 3 nitrogen and oxygen atoms in total. The molecule has 0 bridgehead atoms. The van der Waals surface area contributed by atoms with Gasteiger partial charge in [0, 0.05) is 18.9 Å². The van der Waals surface area contributed by atoms with Crippen LogP contribution in [0, 0.1) is 5.92 Å². The highest BCUT2D eigenvalue weighted by atomic mass is 16.5.